The SMILES string of the molecule is Cc1nn(C)c(CC(O)Cc2ccc(F)c(F)c2)c1Br. The number of hydrogen-bond acceptors (Lipinski definition) is 2. The standard InChI is InChI=1S/C14H15BrF2N2O/c1-8-14(15)13(19(2)18-8)7-10(20)5-9-3-4-11(16)12(17)6-9/h3-4,6,10,20H,5,7H2,1-2H3. The maximum atomic E-state index is 13.1. The Hall–Kier alpha value is -1.27. The first-order valence-corrected chi connectivity index (χ1v) is 6.97. The predicted octanol–water partition coefficient (Wildman–Crippen LogP) is 2.92. The van der Waals surface area contributed by atoms with Crippen LogP contribution in [0.4, 0.5) is 8.78 Å². The summed E-state index contributed by atoms with van der Waals surface area (Å²) in [6.45, 7) is 1.87. The molecule has 6 heteroatoms. The summed E-state index contributed by atoms with van der Waals surface area (Å²) in [6, 6.07) is 3.66. The van der Waals surface area contributed by atoms with Crippen LogP contribution in [0.5, 0.6) is 0 Å². The Morgan fingerprint density at radius 1 is 1.30 bits per heavy atom. The molecule has 1 unspecified atom stereocenters. The molecule has 1 N–H and O–H groups in total. The van der Waals surface area contributed by atoms with E-state index in [1.165, 1.54) is 6.07 Å². The van der Waals surface area contributed by atoms with Gasteiger partial charge in [0, 0.05) is 13.5 Å². The number of benzene rings is 1. The molecule has 0 aliphatic heterocycles. The summed E-state index contributed by atoms with van der Waals surface area (Å²) in [4.78, 5) is 0. The number of aliphatic hydroxyl groups is 1. The lowest BCUT2D eigenvalue weighted by molar-refractivity contribution is 0.172. The van der Waals surface area contributed by atoms with Crippen LogP contribution >= 0.6 is 15.9 Å². The molecular formula is C14H15BrF2N2O. The normalized spacial score (nSPS) is 12.7. The highest BCUT2D eigenvalue weighted by atomic mass is 79.9. The van der Waals surface area contributed by atoms with Gasteiger partial charge in [0.2, 0.25) is 0 Å². The Morgan fingerprint density at radius 2 is 2.00 bits per heavy atom. The van der Waals surface area contributed by atoms with E-state index < -0.39 is 17.7 Å². The van der Waals surface area contributed by atoms with Gasteiger partial charge in [-0.25, -0.2) is 8.78 Å². The Bertz CT molecular complexity index is 628. The van der Waals surface area contributed by atoms with Gasteiger partial charge in [-0.05, 0) is 47.0 Å². The van der Waals surface area contributed by atoms with Crippen LogP contribution in [0.1, 0.15) is 17.0 Å². The minimum Gasteiger partial charge on any atom is -0.392 e. The minimum absolute atomic E-state index is 0.258. The topological polar surface area (TPSA) is 38.0 Å². The predicted molar refractivity (Wildman–Crippen MR) is 75.4 cm³/mol. The molecular weight excluding hydrogens is 330 g/mol. The molecule has 2 aromatic rings. The van der Waals surface area contributed by atoms with Gasteiger partial charge >= 0.3 is 0 Å². The molecule has 0 saturated heterocycles. The first-order valence-electron chi connectivity index (χ1n) is 6.18. The second kappa shape index (κ2) is 6.01. The fourth-order valence-electron chi connectivity index (χ4n) is 2.14. The van der Waals surface area contributed by atoms with Gasteiger partial charge in [0.1, 0.15) is 0 Å². The van der Waals surface area contributed by atoms with Crippen molar-refractivity contribution in [1.29, 1.82) is 0 Å². The van der Waals surface area contributed by atoms with E-state index in [1.54, 1.807) is 11.7 Å². The van der Waals surface area contributed by atoms with Gasteiger partial charge in [0.05, 0.1) is 22.0 Å². The third-order valence-electron chi connectivity index (χ3n) is 3.15. The van der Waals surface area contributed by atoms with Crippen LogP contribution < -0.4 is 0 Å². The summed E-state index contributed by atoms with van der Waals surface area (Å²) in [5.74, 6) is -1.78. The van der Waals surface area contributed by atoms with Crippen molar-refractivity contribution in [3.63, 3.8) is 0 Å². The van der Waals surface area contributed by atoms with E-state index in [2.05, 4.69) is 21.0 Å². The van der Waals surface area contributed by atoms with Crippen molar-refractivity contribution in [3.8, 4) is 0 Å². The summed E-state index contributed by atoms with van der Waals surface area (Å²) in [6.07, 6.45) is -0.0453. The number of halogens is 3. The Morgan fingerprint density at radius 3 is 2.55 bits per heavy atom. The first kappa shape index (κ1) is 15.1. The maximum absolute atomic E-state index is 13.1. The highest BCUT2D eigenvalue weighted by molar-refractivity contribution is 9.10. The molecule has 1 aromatic carbocycles. The van der Waals surface area contributed by atoms with Crippen LogP contribution in [0.3, 0.4) is 0 Å². The minimum atomic E-state index is -0.896. The second-order valence-electron chi connectivity index (χ2n) is 4.78. The molecule has 1 atom stereocenters. The fourth-order valence-corrected chi connectivity index (χ4v) is 2.63. The van der Waals surface area contributed by atoms with Crippen molar-refractivity contribution in [2.45, 2.75) is 25.9 Å². The van der Waals surface area contributed by atoms with Crippen LogP contribution in [0, 0.1) is 18.6 Å². The Labute approximate surface area is 124 Å². The van der Waals surface area contributed by atoms with E-state index in [1.807, 2.05) is 6.92 Å². The van der Waals surface area contributed by atoms with Crippen molar-refractivity contribution in [2.75, 3.05) is 0 Å². The molecule has 0 aliphatic rings. The van der Waals surface area contributed by atoms with Crippen molar-refractivity contribution in [1.82, 2.24) is 9.78 Å². The molecule has 0 radical (unpaired) electrons. The zero-order chi connectivity index (χ0) is 14.9. The average molecular weight is 345 g/mol. The Balaban J connectivity index is 2.08. The lowest BCUT2D eigenvalue weighted by Gasteiger charge is -2.11. The monoisotopic (exact) mass is 344 g/mol. The molecule has 0 bridgehead atoms. The number of rotatable bonds is 4. The summed E-state index contributed by atoms with van der Waals surface area (Å²) >= 11 is 3.43. The molecule has 0 aliphatic carbocycles. The van der Waals surface area contributed by atoms with Crippen molar-refractivity contribution >= 4 is 15.9 Å². The number of nitrogens with zero attached hydrogens (tertiary/aromatic N) is 2. The summed E-state index contributed by atoms with van der Waals surface area (Å²) < 4.78 is 28.5. The zero-order valence-corrected chi connectivity index (χ0v) is 12.8. The molecule has 20 heavy (non-hydrogen) atoms. The van der Waals surface area contributed by atoms with E-state index >= 15 is 0 Å². The summed E-state index contributed by atoms with van der Waals surface area (Å²) in [5, 5.41) is 14.3. The maximum Gasteiger partial charge on any atom is 0.159 e. The van der Waals surface area contributed by atoms with Crippen LogP contribution in [0.15, 0.2) is 22.7 Å². The van der Waals surface area contributed by atoms with Gasteiger partial charge in [0.15, 0.2) is 11.6 Å². The van der Waals surface area contributed by atoms with Gasteiger partial charge in [0.25, 0.3) is 0 Å². The second-order valence-corrected chi connectivity index (χ2v) is 5.57. The van der Waals surface area contributed by atoms with Gasteiger partial charge < -0.3 is 5.11 Å². The van der Waals surface area contributed by atoms with Crippen LogP contribution in [0.2, 0.25) is 0 Å². The highest BCUT2D eigenvalue weighted by Gasteiger charge is 2.16. The molecule has 108 valence electrons. The third kappa shape index (κ3) is 3.24. The van der Waals surface area contributed by atoms with E-state index in [0.29, 0.717) is 12.0 Å². The van der Waals surface area contributed by atoms with Gasteiger partial charge in [-0.2, -0.15) is 5.10 Å². The summed E-state index contributed by atoms with van der Waals surface area (Å²) in [7, 11) is 1.80. The third-order valence-corrected chi connectivity index (χ3v) is 4.18. The highest BCUT2D eigenvalue weighted by Crippen LogP contribution is 2.22. The van der Waals surface area contributed by atoms with Gasteiger partial charge in [-0.15, -0.1) is 0 Å². The van der Waals surface area contributed by atoms with Gasteiger partial charge in [-0.1, -0.05) is 6.07 Å². The quantitative estimate of drug-likeness (QED) is 0.925. The number of aryl methyl sites for hydroxylation is 2. The Kier molecular flexibility index (Phi) is 4.55. The van der Waals surface area contributed by atoms with Crippen molar-refractivity contribution < 1.29 is 13.9 Å². The smallest absolute Gasteiger partial charge is 0.159 e. The number of aromatic nitrogens is 2. The van der Waals surface area contributed by atoms with Crippen LogP contribution in [-0.4, -0.2) is 21.0 Å². The molecule has 1 aromatic heterocycles. The molecule has 0 fully saturated rings. The average Bonchev–Trinajstić information content (AvgIpc) is 2.61. The molecule has 1 heterocycles. The lowest BCUT2D eigenvalue weighted by atomic mass is 10.0. The van der Waals surface area contributed by atoms with E-state index in [4.69, 9.17) is 0 Å². The van der Waals surface area contributed by atoms with Crippen molar-refractivity contribution in [2.24, 2.45) is 7.05 Å². The van der Waals surface area contributed by atoms with E-state index in [9.17, 15) is 13.9 Å². The molecule has 2 rings (SSSR count). The fraction of sp³-hybridized carbons (Fsp3) is 0.357. The molecule has 3 nitrogen and oxygen atoms in total. The van der Waals surface area contributed by atoms with E-state index in [-0.39, 0.29) is 6.42 Å². The number of hydrogen-bond donors (Lipinski definition) is 1. The van der Waals surface area contributed by atoms with Gasteiger partial charge in [-0.3, -0.25) is 4.68 Å². The van der Waals surface area contributed by atoms with Crippen molar-refractivity contribution in [3.05, 3.63) is 51.3 Å². The largest absolute Gasteiger partial charge is 0.392 e. The van der Waals surface area contributed by atoms with Crippen LogP contribution in [0.25, 0.3) is 0 Å². The first-order chi connectivity index (χ1) is 9.38. The summed E-state index contributed by atoms with van der Waals surface area (Å²) in [5.41, 5.74) is 2.28. The molecule has 0 spiro atoms. The lowest BCUT2D eigenvalue weighted by Crippen LogP contribution is -2.16. The zero-order valence-electron chi connectivity index (χ0n) is 11.2. The van der Waals surface area contributed by atoms with Crippen LogP contribution in [-0.2, 0) is 19.9 Å². The molecule has 0 amide bonds. The van der Waals surface area contributed by atoms with E-state index in [0.717, 1.165) is 28.0 Å². The molecule has 0 saturated carbocycles. The number of aliphatic hydroxyl groups excluding tert-OH is 1.